The number of amides is 1. The maximum Gasteiger partial charge on any atom is 0.258 e. The number of anilines is 1. The molecule has 4 aromatic rings. The second kappa shape index (κ2) is 11.1. The Kier molecular flexibility index (Phi) is 7.47. The molecule has 5 rings (SSSR count). The van der Waals surface area contributed by atoms with Crippen LogP contribution in [0.4, 0.5) is 5.95 Å². The van der Waals surface area contributed by atoms with Gasteiger partial charge in [-0.1, -0.05) is 47.9 Å². The van der Waals surface area contributed by atoms with Gasteiger partial charge in [-0.3, -0.25) is 9.69 Å². The maximum atomic E-state index is 12.6. The molecule has 11 heteroatoms. The van der Waals surface area contributed by atoms with Crippen molar-refractivity contribution in [2.45, 2.75) is 32.9 Å². The van der Waals surface area contributed by atoms with Crippen molar-refractivity contribution in [1.82, 2.24) is 30.1 Å². The Bertz CT molecular complexity index is 1350. The Morgan fingerprint density at radius 3 is 2.89 bits per heavy atom. The largest absolute Gasteiger partial charge is 0.364 e. The SMILES string of the molecule is CCN(CC)Cc1onc(-c2cccc(Cl)c2)c1-c1ccnc(N[C@@H]2CCN(C(=O)c3cnoc3)C2)n1. The lowest BCUT2D eigenvalue weighted by Gasteiger charge is -2.17. The number of halogens is 1. The summed E-state index contributed by atoms with van der Waals surface area (Å²) in [6.45, 7) is 7.75. The summed E-state index contributed by atoms with van der Waals surface area (Å²) < 4.78 is 10.7. The predicted octanol–water partition coefficient (Wildman–Crippen LogP) is 4.61. The number of nitrogens with zero attached hydrogens (tertiary/aromatic N) is 6. The van der Waals surface area contributed by atoms with Gasteiger partial charge >= 0.3 is 0 Å². The molecule has 1 saturated heterocycles. The Hall–Kier alpha value is -3.76. The first-order valence-electron chi connectivity index (χ1n) is 12.3. The zero-order valence-corrected chi connectivity index (χ0v) is 21.5. The van der Waals surface area contributed by atoms with Gasteiger partial charge in [0, 0.05) is 35.9 Å². The standard InChI is InChI=1S/C26H28ClN7O3/c1-3-33(4-2)15-22-23(24(32-37-22)17-6-5-7-19(27)12-17)21-8-10-28-26(31-21)30-20-9-11-34(14-20)25(35)18-13-29-36-16-18/h5-8,10,12-13,16,20H,3-4,9,11,14-15H2,1-2H3,(H,28,30,31)/t20-/m1/s1. The molecule has 1 N–H and O–H groups in total. The van der Waals surface area contributed by atoms with Gasteiger partial charge in [-0.25, -0.2) is 9.97 Å². The van der Waals surface area contributed by atoms with Crippen molar-refractivity contribution in [3.63, 3.8) is 0 Å². The van der Waals surface area contributed by atoms with Crippen molar-refractivity contribution in [3.8, 4) is 22.5 Å². The second-order valence-electron chi connectivity index (χ2n) is 8.86. The number of likely N-dealkylation sites (tertiary alicyclic amines) is 1. The molecule has 1 aliphatic rings. The van der Waals surface area contributed by atoms with Gasteiger partial charge in [0.2, 0.25) is 5.95 Å². The zero-order valence-electron chi connectivity index (χ0n) is 20.7. The molecule has 0 unspecified atom stereocenters. The van der Waals surface area contributed by atoms with Crippen LogP contribution in [-0.4, -0.2) is 68.2 Å². The van der Waals surface area contributed by atoms with Crippen LogP contribution in [0.3, 0.4) is 0 Å². The summed E-state index contributed by atoms with van der Waals surface area (Å²) in [5.41, 5.74) is 3.49. The molecule has 1 amide bonds. The third-order valence-electron chi connectivity index (χ3n) is 6.52. The van der Waals surface area contributed by atoms with Gasteiger partial charge < -0.3 is 19.3 Å². The number of carbonyl (C=O) groups is 1. The average molecular weight is 522 g/mol. The summed E-state index contributed by atoms with van der Waals surface area (Å²) in [7, 11) is 0. The number of carbonyl (C=O) groups excluding carboxylic acids is 1. The van der Waals surface area contributed by atoms with Crippen LogP contribution in [0, 0.1) is 0 Å². The van der Waals surface area contributed by atoms with Crippen LogP contribution in [0.15, 0.2) is 58.0 Å². The third kappa shape index (κ3) is 5.50. The van der Waals surface area contributed by atoms with Crippen LogP contribution in [0.25, 0.3) is 22.5 Å². The first-order valence-corrected chi connectivity index (χ1v) is 12.7. The normalized spacial score (nSPS) is 15.5. The molecule has 0 bridgehead atoms. The van der Waals surface area contributed by atoms with Gasteiger partial charge in [-0.15, -0.1) is 0 Å². The Morgan fingerprint density at radius 2 is 2.14 bits per heavy atom. The molecule has 1 atom stereocenters. The van der Waals surface area contributed by atoms with Gasteiger partial charge in [0.25, 0.3) is 5.91 Å². The fourth-order valence-corrected chi connectivity index (χ4v) is 4.68. The van der Waals surface area contributed by atoms with E-state index in [9.17, 15) is 4.79 Å². The molecular weight excluding hydrogens is 494 g/mol. The maximum absolute atomic E-state index is 12.6. The molecule has 1 fully saturated rings. The lowest BCUT2D eigenvalue weighted by Crippen LogP contribution is -2.31. The van der Waals surface area contributed by atoms with Crippen LogP contribution in [0.1, 0.15) is 36.4 Å². The molecule has 1 aliphatic heterocycles. The highest BCUT2D eigenvalue weighted by molar-refractivity contribution is 6.30. The smallest absolute Gasteiger partial charge is 0.258 e. The molecule has 10 nitrogen and oxygen atoms in total. The number of hydrogen-bond donors (Lipinski definition) is 1. The molecule has 37 heavy (non-hydrogen) atoms. The number of benzene rings is 1. The lowest BCUT2D eigenvalue weighted by molar-refractivity contribution is 0.0791. The fraction of sp³-hybridized carbons (Fsp3) is 0.346. The van der Waals surface area contributed by atoms with E-state index >= 15 is 0 Å². The van der Waals surface area contributed by atoms with E-state index < -0.39 is 0 Å². The van der Waals surface area contributed by atoms with Crippen molar-refractivity contribution in [3.05, 3.63) is 65.3 Å². The topological polar surface area (TPSA) is 113 Å². The van der Waals surface area contributed by atoms with Crippen LogP contribution < -0.4 is 5.32 Å². The van der Waals surface area contributed by atoms with E-state index in [1.165, 1.54) is 12.5 Å². The summed E-state index contributed by atoms with van der Waals surface area (Å²) >= 11 is 6.28. The van der Waals surface area contributed by atoms with Crippen molar-refractivity contribution < 1.29 is 13.8 Å². The lowest BCUT2D eigenvalue weighted by atomic mass is 10.0. The van der Waals surface area contributed by atoms with E-state index in [1.807, 2.05) is 30.3 Å². The van der Waals surface area contributed by atoms with Gasteiger partial charge in [0.1, 0.15) is 12.0 Å². The van der Waals surface area contributed by atoms with Crippen LogP contribution >= 0.6 is 11.6 Å². The second-order valence-corrected chi connectivity index (χ2v) is 9.30. The minimum Gasteiger partial charge on any atom is -0.364 e. The highest BCUT2D eigenvalue weighted by atomic mass is 35.5. The predicted molar refractivity (Wildman–Crippen MR) is 139 cm³/mol. The van der Waals surface area contributed by atoms with E-state index in [0.717, 1.165) is 36.4 Å². The number of nitrogens with one attached hydrogen (secondary N) is 1. The Morgan fingerprint density at radius 1 is 1.27 bits per heavy atom. The number of aromatic nitrogens is 4. The van der Waals surface area contributed by atoms with Crippen molar-refractivity contribution in [2.24, 2.45) is 0 Å². The summed E-state index contributed by atoms with van der Waals surface area (Å²) in [6, 6.07) is 9.41. The summed E-state index contributed by atoms with van der Waals surface area (Å²) in [5.74, 6) is 1.11. The average Bonchev–Trinajstić information content (AvgIpc) is 3.68. The summed E-state index contributed by atoms with van der Waals surface area (Å²) in [4.78, 5) is 25.9. The quantitative estimate of drug-likeness (QED) is 0.337. The molecule has 1 aromatic carbocycles. The fourth-order valence-electron chi connectivity index (χ4n) is 4.48. The number of hydrogen-bond acceptors (Lipinski definition) is 9. The Labute approximate surface area is 219 Å². The van der Waals surface area contributed by atoms with E-state index in [4.69, 9.17) is 25.6 Å². The molecular formula is C26H28ClN7O3. The van der Waals surface area contributed by atoms with Gasteiger partial charge in [-0.2, -0.15) is 0 Å². The molecule has 0 radical (unpaired) electrons. The summed E-state index contributed by atoms with van der Waals surface area (Å²) in [5, 5.41) is 12.0. The van der Waals surface area contributed by atoms with Gasteiger partial charge in [-0.05, 0) is 37.7 Å². The first-order chi connectivity index (χ1) is 18.1. The van der Waals surface area contributed by atoms with Crippen molar-refractivity contribution >= 4 is 23.5 Å². The molecule has 0 aliphatic carbocycles. The monoisotopic (exact) mass is 521 g/mol. The highest BCUT2D eigenvalue weighted by Crippen LogP contribution is 2.35. The van der Waals surface area contributed by atoms with Crippen LogP contribution in [-0.2, 0) is 6.54 Å². The molecule has 0 spiro atoms. The van der Waals surface area contributed by atoms with Crippen molar-refractivity contribution in [1.29, 1.82) is 0 Å². The van der Waals surface area contributed by atoms with E-state index in [-0.39, 0.29) is 11.9 Å². The van der Waals surface area contributed by atoms with Gasteiger partial charge in [0.05, 0.1) is 29.6 Å². The number of rotatable bonds is 9. The minimum atomic E-state index is -0.100. The highest BCUT2D eigenvalue weighted by Gasteiger charge is 2.29. The first kappa shape index (κ1) is 24.9. The van der Waals surface area contributed by atoms with E-state index in [0.29, 0.717) is 47.6 Å². The zero-order chi connectivity index (χ0) is 25.8. The van der Waals surface area contributed by atoms with Gasteiger partial charge in [0.15, 0.2) is 5.76 Å². The minimum absolute atomic E-state index is 0.0177. The van der Waals surface area contributed by atoms with Crippen molar-refractivity contribution in [2.75, 3.05) is 31.5 Å². The van der Waals surface area contributed by atoms with Crippen LogP contribution in [0.5, 0.6) is 0 Å². The van der Waals surface area contributed by atoms with E-state index in [1.54, 1.807) is 11.1 Å². The van der Waals surface area contributed by atoms with Crippen LogP contribution in [0.2, 0.25) is 5.02 Å². The molecule has 3 aromatic heterocycles. The summed E-state index contributed by atoms with van der Waals surface area (Å²) in [6.07, 6.45) is 5.29. The molecule has 4 heterocycles. The Balaban J connectivity index is 1.41. The molecule has 192 valence electrons. The molecule has 0 saturated carbocycles. The van der Waals surface area contributed by atoms with E-state index in [2.05, 4.69) is 39.4 Å². The third-order valence-corrected chi connectivity index (χ3v) is 6.76.